The molecular weight excluding hydrogens is 348 g/mol. The SMILES string of the molecule is CCCCNC(=O)c1nnn(-c2ccccc2)c1CSc1ncccn1. The van der Waals surface area contributed by atoms with Crippen LogP contribution < -0.4 is 5.32 Å². The van der Waals surface area contributed by atoms with Crippen LogP contribution in [0.2, 0.25) is 0 Å². The first-order chi connectivity index (χ1) is 12.8. The van der Waals surface area contributed by atoms with Crippen molar-refractivity contribution in [1.29, 1.82) is 0 Å². The molecule has 0 bridgehead atoms. The van der Waals surface area contributed by atoms with Gasteiger partial charge in [-0.1, -0.05) is 48.5 Å². The van der Waals surface area contributed by atoms with E-state index in [4.69, 9.17) is 0 Å². The van der Waals surface area contributed by atoms with E-state index >= 15 is 0 Å². The Hall–Kier alpha value is -2.74. The number of hydrogen-bond acceptors (Lipinski definition) is 6. The Balaban J connectivity index is 1.86. The van der Waals surface area contributed by atoms with Crippen molar-refractivity contribution in [2.24, 2.45) is 0 Å². The third-order valence-electron chi connectivity index (χ3n) is 3.67. The van der Waals surface area contributed by atoms with Gasteiger partial charge in [0, 0.05) is 24.7 Å². The maximum atomic E-state index is 12.5. The van der Waals surface area contributed by atoms with Crippen molar-refractivity contribution in [2.45, 2.75) is 30.7 Å². The number of carbonyl (C=O) groups is 1. The molecule has 3 aromatic rings. The van der Waals surface area contributed by atoms with Gasteiger partial charge in [0.25, 0.3) is 5.91 Å². The molecule has 8 heteroatoms. The average molecular weight is 368 g/mol. The first kappa shape index (κ1) is 18.1. The predicted molar refractivity (Wildman–Crippen MR) is 100 cm³/mol. The molecular formula is C18H20N6OS. The van der Waals surface area contributed by atoms with Crippen molar-refractivity contribution >= 4 is 17.7 Å². The van der Waals surface area contributed by atoms with Gasteiger partial charge < -0.3 is 5.32 Å². The number of benzene rings is 1. The summed E-state index contributed by atoms with van der Waals surface area (Å²) in [5.74, 6) is 0.285. The minimum Gasteiger partial charge on any atom is -0.351 e. The van der Waals surface area contributed by atoms with Crippen molar-refractivity contribution in [3.8, 4) is 5.69 Å². The van der Waals surface area contributed by atoms with Crippen LogP contribution in [0.3, 0.4) is 0 Å². The molecule has 0 aliphatic heterocycles. The number of amides is 1. The minimum atomic E-state index is -0.204. The zero-order chi connectivity index (χ0) is 18.2. The summed E-state index contributed by atoms with van der Waals surface area (Å²) in [5, 5.41) is 11.9. The van der Waals surface area contributed by atoms with Gasteiger partial charge in [0.05, 0.1) is 11.4 Å². The van der Waals surface area contributed by atoms with Crippen LogP contribution in [0.5, 0.6) is 0 Å². The first-order valence-corrected chi connectivity index (χ1v) is 9.46. The second kappa shape index (κ2) is 9.10. The Bertz CT molecular complexity index is 837. The summed E-state index contributed by atoms with van der Waals surface area (Å²) in [6.07, 6.45) is 5.34. The van der Waals surface area contributed by atoms with Crippen molar-refractivity contribution in [1.82, 2.24) is 30.3 Å². The largest absolute Gasteiger partial charge is 0.351 e. The second-order valence-corrected chi connectivity index (χ2v) is 6.50. The quantitative estimate of drug-likeness (QED) is 0.374. The van der Waals surface area contributed by atoms with Crippen LogP contribution in [0.15, 0.2) is 53.9 Å². The summed E-state index contributed by atoms with van der Waals surface area (Å²) in [6.45, 7) is 2.71. The lowest BCUT2D eigenvalue weighted by Crippen LogP contribution is -2.26. The van der Waals surface area contributed by atoms with Crippen molar-refractivity contribution in [3.63, 3.8) is 0 Å². The zero-order valence-corrected chi connectivity index (χ0v) is 15.3. The molecule has 0 spiro atoms. The highest BCUT2D eigenvalue weighted by Crippen LogP contribution is 2.22. The van der Waals surface area contributed by atoms with E-state index in [1.807, 2.05) is 30.3 Å². The van der Waals surface area contributed by atoms with E-state index in [2.05, 4.69) is 32.5 Å². The first-order valence-electron chi connectivity index (χ1n) is 8.47. The van der Waals surface area contributed by atoms with Crippen LogP contribution in [0.1, 0.15) is 35.9 Å². The molecule has 3 rings (SSSR count). The zero-order valence-electron chi connectivity index (χ0n) is 14.5. The van der Waals surface area contributed by atoms with Gasteiger partial charge >= 0.3 is 0 Å². The summed E-state index contributed by atoms with van der Waals surface area (Å²) >= 11 is 1.44. The molecule has 134 valence electrons. The topological polar surface area (TPSA) is 85.6 Å². The molecule has 1 aromatic carbocycles. The highest BCUT2D eigenvalue weighted by atomic mass is 32.2. The van der Waals surface area contributed by atoms with E-state index in [0.717, 1.165) is 24.2 Å². The molecule has 0 fully saturated rings. The lowest BCUT2D eigenvalue weighted by molar-refractivity contribution is 0.0947. The van der Waals surface area contributed by atoms with Gasteiger partial charge in [0.2, 0.25) is 0 Å². The summed E-state index contributed by atoms with van der Waals surface area (Å²) in [5.41, 5.74) is 1.92. The summed E-state index contributed by atoms with van der Waals surface area (Å²) in [6, 6.07) is 11.4. The number of hydrogen-bond donors (Lipinski definition) is 1. The summed E-state index contributed by atoms with van der Waals surface area (Å²) < 4.78 is 1.70. The van der Waals surface area contributed by atoms with E-state index in [1.54, 1.807) is 23.1 Å². The monoisotopic (exact) mass is 368 g/mol. The molecule has 0 unspecified atom stereocenters. The maximum Gasteiger partial charge on any atom is 0.273 e. The van der Waals surface area contributed by atoms with Crippen LogP contribution in [0.25, 0.3) is 5.69 Å². The number of unbranched alkanes of at least 4 members (excludes halogenated alkanes) is 1. The highest BCUT2D eigenvalue weighted by molar-refractivity contribution is 7.98. The lowest BCUT2D eigenvalue weighted by atomic mass is 10.2. The smallest absolute Gasteiger partial charge is 0.273 e. The van der Waals surface area contributed by atoms with Crippen LogP contribution >= 0.6 is 11.8 Å². The number of nitrogens with one attached hydrogen (secondary N) is 1. The number of aromatic nitrogens is 5. The van der Waals surface area contributed by atoms with Gasteiger partial charge in [0.15, 0.2) is 10.9 Å². The molecule has 0 aliphatic carbocycles. The second-order valence-electron chi connectivity index (χ2n) is 5.56. The fourth-order valence-electron chi connectivity index (χ4n) is 2.34. The fourth-order valence-corrected chi connectivity index (χ4v) is 3.13. The number of nitrogens with zero attached hydrogens (tertiary/aromatic N) is 5. The number of carbonyl (C=O) groups excluding carboxylic acids is 1. The molecule has 0 atom stereocenters. The van der Waals surface area contributed by atoms with Crippen LogP contribution in [-0.4, -0.2) is 37.4 Å². The molecule has 1 amide bonds. The van der Waals surface area contributed by atoms with Gasteiger partial charge in [-0.15, -0.1) is 5.10 Å². The Morgan fingerprint density at radius 1 is 1.15 bits per heavy atom. The van der Waals surface area contributed by atoms with E-state index < -0.39 is 0 Å². The van der Waals surface area contributed by atoms with Crippen LogP contribution in [0.4, 0.5) is 0 Å². The van der Waals surface area contributed by atoms with Crippen molar-refractivity contribution in [2.75, 3.05) is 6.54 Å². The Morgan fingerprint density at radius 3 is 2.65 bits per heavy atom. The molecule has 7 nitrogen and oxygen atoms in total. The van der Waals surface area contributed by atoms with Gasteiger partial charge in [-0.05, 0) is 24.6 Å². The minimum absolute atomic E-state index is 0.204. The normalized spacial score (nSPS) is 10.7. The average Bonchev–Trinajstić information content (AvgIpc) is 3.12. The summed E-state index contributed by atoms with van der Waals surface area (Å²) in [7, 11) is 0. The Morgan fingerprint density at radius 2 is 1.92 bits per heavy atom. The molecule has 1 N–H and O–H groups in total. The van der Waals surface area contributed by atoms with Gasteiger partial charge in [0.1, 0.15) is 0 Å². The number of para-hydroxylation sites is 1. The van der Waals surface area contributed by atoms with Crippen molar-refractivity contribution in [3.05, 3.63) is 60.2 Å². The molecule has 0 saturated heterocycles. The van der Waals surface area contributed by atoms with E-state index in [1.165, 1.54) is 11.8 Å². The van der Waals surface area contributed by atoms with Crippen LogP contribution in [0, 0.1) is 0 Å². The number of thioether (sulfide) groups is 1. The Kier molecular flexibility index (Phi) is 6.32. The van der Waals surface area contributed by atoms with Crippen molar-refractivity contribution < 1.29 is 4.79 Å². The molecule has 2 aromatic heterocycles. The Labute approximate surface area is 156 Å². The van der Waals surface area contributed by atoms with Gasteiger partial charge in [-0.2, -0.15) is 0 Å². The number of rotatable bonds is 8. The molecule has 2 heterocycles. The van der Waals surface area contributed by atoms with E-state index in [0.29, 0.717) is 23.1 Å². The fraction of sp³-hybridized carbons (Fsp3) is 0.278. The van der Waals surface area contributed by atoms with E-state index in [-0.39, 0.29) is 5.91 Å². The summed E-state index contributed by atoms with van der Waals surface area (Å²) in [4.78, 5) is 21.0. The standard InChI is InChI=1S/C18H20N6OS/c1-2-3-10-19-17(25)16-15(13-26-18-20-11-7-12-21-18)24(23-22-16)14-8-5-4-6-9-14/h4-9,11-12H,2-3,10,13H2,1H3,(H,19,25). The third-order valence-corrected chi connectivity index (χ3v) is 4.56. The predicted octanol–water partition coefficient (Wildman–Crippen LogP) is 2.88. The highest BCUT2D eigenvalue weighted by Gasteiger charge is 2.20. The van der Waals surface area contributed by atoms with Crippen LogP contribution in [-0.2, 0) is 5.75 Å². The maximum absolute atomic E-state index is 12.5. The van der Waals surface area contributed by atoms with Gasteiger partial charge in [-0.25, -0.2) is 14.6 Å². The molecule has 26 heavy (non-hydrogen) atoms. The van der Waals surface area contributed by atoms with E-state index in [9.17, 15) is 4.79 Å². The van der Waals surface area contributed by atoms with Gasteiger partial charge in [-0.3, -0.25) is 4.79 Å². The molecule has 0 aliphatic rings. The molecule has 0 radical (unpaired) electrons. The lowest BCUT2D eigenvalue weighted by Gasteiger charge is -2.08. The molecule has 0 saturated carbocycles. The third kappa shape index (κ3) is 4.45.